The minimum absolute atomic E-state index is 0.318. The van der Waals surface area contributed by atoms with Gasteiger partial charge in [0.2, 0.25) is 0 Å². The number of ether oxygens (including phenoxy) is 2. The Labute approximate surface area is 126 Å². The topological polar surface area (TPSA) is 36.9 Å². The van der Waals surface area contributed by atoms with E-state index in [1.54, 1.807) is 7.11 Å². The highest BCUT2D eigenvalue weighted by Crippen LogP contribution is 2.38. The number of methoxy groups -OCH3 is 1. The molecule has 21 heavy (non-hydrogen) atoms. The van der Waals surface area contributed by atoms with E-state index in [0.717, 1.165) is 29.8 Å². The number of hydrogen-bond donors (Lipinski definition) is 0. The summed E-state index contributed by atoms with van der Waals surface area (Å²) < 4.78 is 23.8. The van der Waals surface area contributed by atoms with Crippen molar-refractivity contribution in [1.29, 1.82) is 0 Å². The molecule has 1 saturated carbocycles. The number of hydrogen-bond acceptors (Lipinski definition) is 4. The van der Waals surface area contributed by atoms with Gasteiger partial charge in [-0.3, -0.25) is 0 Å². The lowest BCUT2D eigenvalue weighted by atomic mass is 9.77. The molecular formula is C16H23BO4. The van der Waals surface area contributed by atoms with Gasteiger partial charge in [0, 0.05) is 0 Å². The molecule has 1 saturated heterocycles. The zero-order valence-corrected chi connectivity index (χ0v) is 13.4. The van der Waals surface area contributed by atoms with Crippen LogP contribution in [0.5, 0.6) is 11.5 Å². The van der Waals surface area contributed by atoms with Crippen LogP contribution in [0, 0.1) is 0 Å². The van der Waals surface area contributed by atoms with Crippen LogP contribution in [0.15, 0.2) is 18.2 Å². The molecule has 0 spiro atoms. The van der Waals surface area contributed by atoms with Gasteiger partial charge in [-0.25, -0.2) is 0 Å². The maximum atomic E-state index is 6.15. The van der Waals surface area contributed by atoms with E-state index in [9.17, 15) is 0 Å². The summed E-state index contributed by atoms with van der Waals surface area (Å²) in [5, 5.41) is 0. The van der Waals surface area contributed by atoms with Gasteiger partial charge in [-0.05, 0) is 52.7 Å². The number of benzene rings is 1. The van der Waals surface area contributed by atoms with Crippen molar-refractivity contribution < 1.29 is 18.8 Å². The molecule has 114 valence electrons. The van der Waals surface area contributed by atoms with E-state index >= 15 is 0 Å². The average molecular weight is 290 g/mol. The summed E-state index contributed by atoms with van der Waals surface area (Å²) in [7, 11) is 1.19. The summed E-state index contributed by atoms with van der Waals surface area (Å²) in [6, 6.07) is 5.81. The van der Waals surface area contributed by atoms with Gasteiger partial charge in [0.05, 0.1) is 29.9 Å². The fraction of sp³-hybridized carbons (Fsp3) is 0.625. The van der Waals surface area contributed by atoms with Crippen molar-refractivity contribution in [2.24, 2.45) is 0 Å². The van der Waals surface area contributed by atoms with Crippen LogP contribution in [0.4, 0.5) is 0 Å². The predicted molar refractivity (Wildman–Crippen MR) is 82.4 cm³/mol. The second-order valence-electron chi connectivity index (χ2n) is 6.78. The molecule has 2 aliphatic rings. The summed E-state index contributed by atoms with van der Waals surface area (Å²) in [4.78, 5) is 0. The molecule has 1 aliphatic carbocycles. The van der Waals surface area contributed by atoms with Crippen molar-refractivity contribution in [1.82, 2.24) is 0 Å². The summed E-state index contributed by atoms with van der Waals surface area (Å²) >= 11 is 0. The molecule has 1 aromatic carbocycles. The Morgan fingerprint density at radius 2 is 1.62 bits per heavy atom. The van der Waals surface area contributed by atoms with Crippen molar-refractivity contribution in [3.8, 4) is 11.5 Å². The third-order valence-corrected chi connectivity index (χ3v) is 4.55. The molecule has 0 amide bonds. The van der Waals surface area contributed by atoms with E-state index < -0.39 is 7.12 Å². The lowest BCUT2D eigenvalue weighted by Crippen LogP contribution is -2.41. The summed E-state index contributed by atoms with van der Waals surface area (Å²) in [5.41, 5.74) is 0.0932. The average Bonchev–Trinajstić information content (AvgIpc) is 3.17. The molecule has 0 aromatic heterocycles. The lowest BCUT2D eigenvalue weighted by Gasteiger charge is -2.32. The van der Waals surface area contributed by atoms with Crippen LogP contribution in [0.25, 0.3) is 0 Å². The summed E-state index contributed by atoms with van der Waals surface area (Å²) in [6.45, 7) is 8.18. The Hall–Kier alpha value is -1.20. The van der Waals surface area contributed by atoms with Crippen LogP contribution in [0.3, 0.4) is 0 Å². The van der Waals surface area contributed by atoms with Crippen molar-refractivity contribution in [3.05, 3.63) is 18.2 Å². The SMILES string of the molecule is COc1cccc(OC2CC2)c1B1OC(C)(C)C(C)(C)O1. The van der Waals surface area contributed by atoms with Gasteiger partial charge in [-0.1, -0.05) is 6.07 Å². The summed E-state index contributed by atoms with van der Waals surface area (Å²) in [5.74, 6) is 1.54. The van der Waals surface area contributed by atoms with E-state index in [0.29, 0.717) is 6.10 Å². The second kappa shape index (κ2) is 4.92. The molecule has 0 bridgehead atoms. The minimum Gasteiger partial charge on any atom is -0.497 e. The third kappa shape index (κ3) is 2.65. The Morgan fingerprint density at radius 1 is 1.05 bits per heavy atom. The molecular weight excluding hydrogens is 267 g/mol. The van der Waals surface area contributed by atoms with Gasteiger partial charge in [0.15, 0.2) is 0 Å². The standard InChI is InChI=1S/C16H23BO4/c1-15(2)16(3,4)21-17(20-15)14-12(18-5)7-6-8-13(14)19-11-9-10-11/h6-8,11H,9-10H2,1-5H3. The van der Waals surface area contributed by atoms with E-state index in [1.807, 2.05) is 45.9 Å². The molecule has 0 atom stereocenters. The minimum atomic E-state index is -0.472. The number of rotatable bonds is 4. The van der Waals surface area contributed by atoms with Gasteiger partial charge >= 0.3 is 7.12 Å². The van der Waals surface area contributed by atoms with Crippen molar-refractivity contribution in [2.45, 2.75) is 57.8 Å². The summed E-state index contributed by atoms with van der Waals surface area (Å²) in [6.07, 6.45) is 2.54. The second-order valence-corrected chi connectivity index (χ2v) is 6.78. The fourth-order valence-corrected chi connectivity index (χ4v) is 2.36. The van der Waals surface area contributed by atoms with Crippen LogP contribution in [-0.2, 0) is 9.31 Å². The first-order valence-corrected chi connectivity index (χ1v) is 7.53. The Kier molecular flexibility index (Phi) is 3.45. The first kappa shape index (κ1) is 14.7. The Balaban J connectivity index is 1.97. The predicted octanol–water partition coefficient (Wildman–Crippen LogP) is 2.54. The van der Waals surface area contributed by atoms with E-state index in [4.69, 9.17) is 18.8 Å². The van der Waals surface area contributed by atoms with Gasteiger partial charge in [0.1, 0.15) is 11.5 Å². The highest BCUT2D eigenvalue weighted by atomic mass is 16.7. The van der Waals surface area contributed by atoms with E-state index in [-0.39, 0.29) is 11.2 Å². The van der Waals surface area contributed by atoms with Crippen molar-refractivity contribution in [3.63, 3.8) is 0 Å². The molecule has 3 rings (SSSR count). The normalized spacial score (nSPS) is 23.2. The lowest BCUT2D eigenvalue weighted by molar-refractivity contribution is 0.00578. The molecule has 5 heteroatoms. The largest absolute Gasteiger partial charge is 0.502 e. The Morgan fingerprint density at radius 3 is 2.14 bits per heavy atom. The Bertz CT molecular complexity index is 521. The molecule has 4 nitrogen and oxygen atoms in total. The molecule has 1 aliphatic heterocycles. The first-order valence-electron chi connectivity index (χ1n) is 7.53. The molecule has 0 radical (unpaired) electrons. The quantitative estimate of drug-likeness (QED) is 0.799. The van der Waals surface area contributed by atoms with Crippen LogP contribution in [-0.4, -0.2) is 31.5 Å². The highest BCUT2D eigenvalue weighted by Gasteiger charge is 2.53. The maximum absolute atomic E-state index is 6.15. The molecule has 1 heterocycles. The van der Waals surface area contributed by atoms with Gasteiger partial charge < -0.3 is 18.8 Å². The van der Waals surface area contributed by atoms with E-state index in [1.165, 1.54) is 0 Å². The van der Waals surface area contributed by atoms with Crippen LogP contribution in [0.1, 0.15) is 40.5 Å². The van der Waals surface area contributed by atoms with Crippen molar-refractivity contribution in [2.75, 3.05) is 7.11 Å². The van der Waals surface area contributed by atoms with E-state index in [2.05, 4.69) is 0 Å². The molecule has 0 unspecified atom stereocenters. The highest BCUT2D eigenvalue weighted by molar-refractivity contribution is 6.64. The third-order valence-electron chi connectivity index (χ3n) is 4.55. The monoisotopic (exact) mass is 290 g/mol. The first-order chi connectivity index (χ1) is 9.84. The molecule has 0 N–H and O–H groups in total. The smallest absolute Gasteiger partial charge is 0.497 e. The van der Waals surface area contributed by atoms with Gasteiger partial charge in [-0.15, -0.1) is 0 Å². The van der Waals surface area contributed by atoms with Crippen LogP contribution in [0.2, 0.25) is 0 Å². The van der Waals surface area contributed by atoms with Gasteiger partial charge in [0.25, 0.3) is 0 Å². The van der Waals surface area contributed by atoms with Crippen molar-refractivity contribution >= 4 is 12.6 Å². The molecule has 2 fully saturated rings. The van der Waals surface area contributed by atoms with Gasteiger partial charge in [-0.2, -0.15) is 0 Å². The van der Waals surface area contributed by atoms with Crippen LogP contribution < -0.4 is 14.9 Å². The molecule has 1 aromatic rings. The fourth-order valence-electron chi connectivity index (χ4n) is 2.36. The maximum Gasteiger partial charge on any atom is 0.502 e. The van der Waals surface area contributed by atoms with Crippen LogP contribution >= 0.6 is 0 Å². The zero-order valence-electron chi connectivity index (χ0n) is 13.4. The zero-order chi connectivity index (χ0) is 15.3.